The second-order valence-corrected chi connectivity index (χ2v) is 4.25. The summed E-state index contributed by atoms with van der Waals surface area (Å²) in [5.41, 5.74) is 0.388. The fourth-order valence-electron chi connectivity index (χ4n) is 1.97. The molecule has 0 aliphatic rings. The molecule has 1 rings (SSSR count). The molecule has 0 spiro atoms. The number of nitrogens with zero attached hydrogens (tertiary/aromatic N) is 1. The highest BCUT2D eigenvalue weighted by molar-refractivity contribution is 6.00. The summed E-state index contributed by atoms with van der Waals surface area (Å²) in [6.45, 7) is 1.94. The van der Waals surface area contributed by atoms with Crippen LogP contribution in [0, 0.1) is 17.2 Å². The van der Waals surface area contributed by atoms with Crippen molar-refractivity contribution in [1.82, 2.24) is 0 Å². The summed E-state index contributed by atoms with van der Waals surface area (Å²) in [5, 5.41) is 9.08. The third-order valence-corrected chi connectivity index (χ3v) is 3.00. The zero-order chi connectivity index (χ0) is 15.1. The summed E-state index contributed by atoms with van der Waals surface area (Å²) in [4.78, 5) is 12.3. The lowest BCUT2D eigenvalue weighted by molar-refractivity contribution is 0.0942. The van der Waals surface area contributed by atoms with Crippen LogP contribution in [0.4, 0.5) is 0 Å². The number of carbonyl (C=O) groups excluding carboxylic acids is 1. The largest absolute Gasteiger partial charge is 0.493 e. The summed E-state index contributed by atoms with van der Waals surface area (Å²) in [7, 11) is 4.47. The highest BCUT2D eigenvalue weighted by Gasteiger charge is 2.22. The van der Waals surface area contributed by atoms with Gasteiger partial charge in [0.05, 0.1) is 27.4 Å². The third kappa shape index (κ3) is 3.21. The van der Waals surface area contributed by atoms with Gasteiger partial charge in [-0.2, -0.15) is 5.26 Å². The van der Waals surface area contributed by atoms with Crippen molar-refractivity contribution in [2.75, 3.05) is 21.3 Å². The number of hydrogen-bond acceptors (Lipinski definition) is 5. The average Bonchev–Trinajstić information content (AvgIpc) is 2.50. The van der Waals surface area contributed by atoms with Gasteiger partial charge in [-0.1, -0.05) is 13.3 Å². The fourth-order valence-corrected chi connectivity index (χ4v) is 1.97. The topological polar surface area (TPSA) is 68.6 Å². The second kappa shape index (κ2) is 7.39. The van der Waals surface area contributed by atoms with Gasteiger partial charge in [-0.25, -0.2) is 0 Å². The van der Waals surface area contributed by atoms with Crippen molar-refractivity contribution < 1.29 is 19.0 Å². The van der Waals surface area contributed by atoms with E-state index in [2.05, 4.69) is 0 Å². The molecule has 1 aromatic carbocycles. The minimum absolute atomic E-state index is 0.228. The van der Waals surface area contributed by atoms with Crippen LogP contribution in [0.25, 0.3) is 0 Å². The van der Waals surface area contributed by atoms with Crippen molar-refractivity contribution >= 4 is 5.78 Å². The molecule has 0 fully saturated rings. The predicted molar refractivity (Wildman–Crippen MR) is 74.4 cm³/mol. The van der Waals surface area contributed by atoms with Crippen LogP contribution in [0.1, 0.15) is 30.1 Å². The van der Waals surface area contributed by atoms with Gasteiger partial charge in [0.15, 0.2) is 17.3 Å². The zero-order valence-electron chi connectivity index (χ0n) is 12.2. The van der Waals surface area contributed by atoms with Gasteiger partial charge in [-0.15, -0.1) is 0 Å². The highest BCUT2D eigenvalue weighted by Crippen LogP contribution is 2.38. The molecule has 0 heterocycles. The molecule has 108 valence electrons. The Morgan fingerprint density at radius 1 is 1.20 bits per heavy atom. The molecular formula is C15H19NO4. The number of nitriles is 1. The van der Waals surface area contributed by atoms with Crippen LogP contribution in [0.5, 0.6) is 17.2 Å². The van der Waals surface area contributed by atoms with Gasteiger partial charge in [-0.05, 0) is 18.6 Å². The maximum atomic E-state index is 12.3. The quantitative estimate of drug-likeness (QED) is 0.717. The molecule has 1 aromatic rings. The van der Waals surface area contributed by atoms with Gasteiger partial charge in [-0.3, -0.25) is 4.79 Å². The zero-order valence-corrected chi connectivity index (χ0v) is 12.2. The number of ether oxygens (including phenoxy) is 3. The Balaban J connectivity index is 3.25. The number of rotatable bonds is 7. The monoisotopic (exact) mass is 277 g/mol. The van der Waals surface area contributed by atoms with Crippen LogP contribution >= 0.6 is 0 Å². The van der Waals surface area contributed by atoms with Crippen molar-refractivity contribution in [3.63, 3.8) is 0 Å². The van der Waals surface area contributed by atoms with E-state index in [4.69, 9.17) is 19.5 Å². The Kier molecular flexibility index (Phi) is 5.85. The molecule has 0 bridgehead atoms. The molecule has 20 heavy (non-hydrogen) atoms. The van der Waals surface area contributed by atoms with Gasteiger partial charge >= 0.3 is 0 Å². The Morgan fingerprint density at radius 3 is 2.10 bits per heavy atom. The molecule has 1 unspecified atom stereocenters. The van der Waals surface area contributed by atoms with E-state index in [1.165, 1.54) is 21.3 Å². The summed E-state index contributed by atoms with van der Waals surface area (Å²) in [6, 6.07) is 5.19. The SMILES string of the molecule is CCCC(C#N)C(=O)c1cc(OC)c(OC)c(OC)c1. The first-order valence-electron chi connectivity index (χ1n) is 6.36. The van der Waals surface area contributed by atoms with Gasteiger partial charge in [0.1, 0.15) is 5.92 Å². The van der Waals surface area contributed by atoms with Crippen molar-refractivity contribution in [2.24, 2.45) is 5.92 Å². The fraction of sp³-hybridized carbons (Fsp3) is 0.467. The smallest absolute Gasteiger partial charge is 0.203 e. The molecule has 0 aliphatic carbocycles. The van der Waals surface area contributed by atoms with E-state index < -0.39 is 5.92 Å². The molecule has 0 N–H and O–H groups in total. The van der Waals surface area contributed by atoms with E-state index in [0.29, 0.717) is 29.2 Å². The maximum absolute atomic E-state index is 12.3. The molecule has 0 radical (unpaired) electrons. The van der Waals surface area contributed by atoms with E-state index in [-0.39, 0.29) is 5.78 Å². The van der Waals surface area contributed by atoms with E-state index in [0.717, 1.165) is 6.42 Å². The molecular weight excluding hydrogens is 258 g/mol. The highest BCUT2D eigenvalue weighted by atomic mass is 16.5. The molecule has 1 atom stereocenters. The lowest BCUT2D eigenvalue weighted by atomic mass is 9.94. The minimum atomic E-state index is -0.650. The van der Waals surface area contributed by atoms with Crippen LogP contribution < -0.4 is 14.2 Å². The van der Waals surface area contributed by atoms with Crippen molar-refractivity contribution in [2.45, 2.75) is 19.8 Å². The first-order chi connectivity index (χ1) is 9.62. The van der Waals surface area contributed by atoms with E-state index in [9.17, 15) is 4.79 Å². The Labute approximate surface area is 119 Å². The van der Waals surface area contributed by atoms with Gasteiger partial charge in [0, 0.05) is 5.56 Å². The minimum Gasteiger partial charge on any atom is -0.493 e. The van der Waals surface area contributed by atoms with Crippen molar-refractivity contribution in [3.8, 4) is 23.3 Å². The summed E-state index contributed by atoms with van der Waals surface area (Å²) in [6.07, 6.45) is 1.31. The Hall–Kier alpha value is -2.22. The standard InChI is InChI=1S/C15H19NO4/c1-5-6-10(9-16)14(17)11-7-12(18-2)15(20-4)13(8-11)19-3/h7-8,10H,5-6H2,1-4H3. The first-order valence-corrected chi connectivity index (χ1v) is 6.36. The summed E-state index contributed by atoms with van der Waals surface area (Å²) in [5.74, 6) is 0.360. The van der Waals surface area contributed by atoms with Gasteiger partial charge in [0.25, 0.3) is 0 Å². The predicted octanol–water partition coefficient (Wildman–Crippen LogP) is 2.83. The number of methoxy groups -OCH3 is 3. The van der Waals surface area contributed by atoms with E-state index in [1.54, 1.807) is 12.1 Å². The van der Waals surface area contributed by atoms with E-state index >= 15 is 0 Å². The van der Waals surface area contributed by atoms with E-state index in [1.807, 2.05) is 13.0 Å². The summed E-state index contributed by atoms with van der Waals surface area (Å²) < 4.78 is 15.6. The molecule has 0 aromatic heterocycles. The van der Waals surface area contributed by atoms with Crippen LogP contribution in [0.15, 0.2) is 12.1 Å². The second-order valence-electron chi connectivity index (χ2n) is 4.25. The van der Waals surface area contributed by atoms with Crippen LogP contribution in [-0.4, -0.2) is 27.1 Å². The van der Waals surface area contributed by atoms with Crippen LogP contribution in [0.3, 0.4) is 0 Å². The van der Waals surface area contributed by atoms with Crippen molar-refractivity contribution in [1.29, 1.82) is 5.26 Å². The third-order valence-electron chi connectivity index (χ3n) is 3.00. The molecule has 0 amide bonds. The number of Topliss-reactive ketones (excluding diaryl/α,β-unsaturated/α-hetero) is 1. The van der Waals surface area contributed by atoms with Gasteiger partial charge < -0.3 is 14.2 Å². The number of hydrogen-bond donors (Lipinski definition) is 0. The molecule has 0 saturated heterocycles. The molecule has 0 aliphatic heterocycles. The average molecular weight is 277 g/mol. The summed E-state index contributed by atoms with van der Waals surface area (Å²) >= 11 is 0. The Bertz CT molecular complexity index is 494. The lowest BCUT2D eigenvalue weighted by Crippen LogP contribution is -2.13. The van der Waals surface area contributed by atoms with Crippen LogP contribution in [-0.2, 0) is 0 Å². The van der Waals surface area contributed by atoms with Crippen molar-refractivity contribution in [3.05, 3.63) is 17.7 Å². The molecule has 5 nitrogen and oxygen atoms in total. The van der Waals surface area contributed by atoms with Gasteiger partial charge in [0.2, 0.25) is 5.75 Å². The Morgan fingerprint density at radius 2 is 1.75 bits per heavy atom. The molecule has 0 saturated carbocycles. The lowest BCUT2D eigenvalue weighted by Gasteiger charge is -2.14. The number of benzene rings is 1. The molecule has 5 heteroatoms. The normalized spacial score (nSPS) is 11.3. The number of carbonyl (C=O) groups is 1. The maximum Gasteiger partial charge on any atom is 0.203 e. The number of ketones is 1. The van der Waals surface area contributed by atoms with Crippen LogP contribution in [0.2, 0.25) is 0 Å². The first kappa shape index (κ1) is 15.8.